The summed E-state index contributed by atoms with van der Waals surface area (Å²) in [5.74, 6) is -1.11. The Morgan fingerprint density at radius 1 is 1.10 bits per heavy atom. The van der Waals surface area contributed by atoms with Crippen LogP contribution in [0.5, 0.6) is 5.75 Å². The van der Waals surface area contributed by atoms with E-state index in [-0.39, 0.29) is 5.56 Å². The summed E-state index contributed by atoms with van der Waals surface area (Å²) in [6.07, 6.45) is -4.73. The molecule has 2 aromatic rings. The molecule has 110 valence electrons. The molecule has 1 N–H and O–H groups in total. The summed E-state index contributed by atoms with van der Waals surface area (Å²) < 4.78 is 43.9. The van der Waals surface area contributed by atoms with Gasteiger partial charge in [-0.3, -0.25) is 0 Å². The Bertz CT molecular complexity index is 678. The van der Waals surface area contributed by atoms with Crippen LogP contribution in [0, 0.1) is 0 Å². The number of methoxy groups -OCH3 is 1. The molecule has 0 aliphatic rings. The molecule has 0 radical (unpaired) electrons. The average Bonchev–Trinajstić information content (AvgIpc) is 2.45. The van der Waals surface area contributed by atoms with Crippen molar-refractivity contribution in [1.29, 1.82) is 0 Å². The highest BCUT2D eigenvalue weighted by atomic mass is 19.4. The van der Waals surface area contributed by atoms with Crippen LogP contribution in [0.1, 0.15) is 15.9 Å². The van der Waals surface area contributed by atoms with Crippen LogP contribution in [0.4, 0.5) is 13.2 Å². The predicted molar refractivity (Wildman–Crippen MR) is 70.4 cm³/mol. The lowest BCUT2D eigenvalue weighted by molar-refractivity contribution is -0.138. The maximum absolute atomic E-state index is 13.0. The predicted octanol–water partition coefficient (Wildman–Crippen LogP) is 4.08. The minimum atomic E-state index is -4.73. The number of hydrogen-bond donors (Lipinski definition) is 1. The molecular weight excluding hydrogens is 285 g/mol. The second-order valence-corrected chi connectivity index (χ2v) is 4.30. The van der Waals surface area contributed by atoms with Gasteiger partial charge in [-0.15, -0.1) is 0 Å². The number of hydrogen-bond acceptors (Lipinski definition) is 2. The SMILES string of the molecule is COc1cccc(-c2ccc(C(=O)O)c(C(F)(F)F)c2)c1. The van der Waals surface area contributed by atoms with Gasteiger partial charge in [0.1, 0.15) is 5.75 Å². The summed E-state index contributed by atoms with van der Waals surface area (Å²) in [6, 6.07) is 9.65. The molecule has 0 atom stereocenters. The molecule has 3 nitrogen and oxygen atoms in total. The number of aromatic carboxylic acids is 1. The van der Waals surface area contributed by atoms with Crippen molar-refractivity contribution in [2.45, 2.75) is 6.18 Å². The zero-order chi connectivity index (χ0) is 15.6. The molecule has 0 amide bonds. The summed E-state index contributed by atoms with van der Waals surface area (Å²) in [5.41, 5.74) is -1.16. The maximum atomic E-state index is 13.0. The number of alkyl halides is 3. The second-order valence-electron chi connectivity index (χ2n) is 4.30. The largest absolute Gasteiger partial charge is 0.497 e. The van der Waals surface area contributed by atoms with E-state index in [0.29, 0.717) is 11.3 Å². The van der Waals surface area contributed by atoms with E-state index >= 15 is 0 Å². The fourth-order valence-electron chi connectivity index (χ4n) is 1.95. The van der Waals surface area contributed by atoms with Crippen molar-refractivity contribution in [2.75, 3.05) is 7.11 Å². The fraction of sp³-hybridized carbons (Fsp3) is 0.133. The normalized spacial score (nSPS) is 11.2. The molecule has 0 aliphatic carbocycles. The van der Waals surface area contributed by atoms with E-state index in [1.54, 1.807) is 24.3 Å². The first-order valence-corrected chi connectivity index (χ1v) is 5.92. The third-order valence-electron chi connectivity index (χ3n) is 2.96. The minimum absolute atomic E-state index is 0.270. The van der Waals surface area contributed by atoms with Crippen LogP contribution in [0.2, 0.25) is 0 Å². The molecule has 0 fully saturated rings. The Hall–Kier alpha value is -2.50. The number of rotatable bonds is 3. The van der Waals surface area contributed by atoms with Gasteiger partial charge in [0.25, 0.3) is 0 Å². The Morgan fingerprint density at radius 3 is 2.33 bits per heavy atom. The number of ether oxygens (including phenoxy) is 1. The van der Waals surface area contributed by atoms with Crippen molar-refractivity contribution in [3.8, 4) is 16.9 Å². The number of carboxylic acids is 1. The molecule has 0 aliphatic heterocycles. The van der Waals surface area contributed by atoms with E-state index in [2.05, 4.69) is 0 Å². The molecule has 2 rings (SSSR count). The quantitative estimate of drug-likeness (QED) is 0.928. The number of carboxylic acid groups (broad SMARTS) is 1. The molecule has 0 saturated carbocycles. The highest BCUT2D eigenvalue weighted by Crippen LogP contribution is 2.35. The molecule has 0 heterocycles. The fourth-order valence-corrected chi connectivity index (χ4v) is 1.95. The summed E-state index contributed by atoms with van der Waals surface area (Å²) in [6.45, 7) is 0. The van der Waals surface area contributed by atoms with E-state index in [9.17, 15) is 18.0 Å². The number of halogens is 3. The van der Waals surface area contributed by atoms with Gasteiger partial charge in [0.05, 0.1) is 18.2 Å². The van der Waals surface area contributed by atoms with E-state index < -0.39 is 23.3 Å². The third kappa shape index (κ3) is 3.16. The van der Waals surface area contributed by atoms with Gasteiger partial charge in [0, 0.05) is 0 Å². The molecule has 0 unspecified atom stereocenters. The lowest BCUT2D eigenvalue weighted by Gasteiger charge is -2.12. The molecule has 0 aromatic heterocycles. The van der Waals surface area contributed by atoms with Gasteiger partial charge >= 0.3 is 12.1 Å². The standard InChI is InChI=1S/C15H11F3O3/c1-21-11-4-2-3-9(7-11)10-5-6-12(14(19)20)13(8-10)15(16,17)18/h2-8H,1H3,(H,19,20). The molecule has 0 spiro atoms. The first-order valence-electron chi connectivity index (χ1n) is 5.92. The zero-order valence-corrected chi connectivity index (χ0v) is 10.9. The summed E-state index contributed by atoms with van der Waals surface area (Å²) in [4.78, 5) is 10.9. The van der Waals surface area contributed by atoms with Gasteiger partial charge in [-0.2, -0.15) is 13.2 Å². The highest BCUT2D eigenvalue weighted by Gasteiger charge is 2.35. The minimum Gasteiger partial charge on any atom is -0.497 e. The van der Waals surface area contributed by atoms with Crippen molar-refractivity contribution in [3.63, 3.8) is 0 Å². The van der Waals surface area contributed by atoms with Crippen LogP contribution in [-0.2, 0) is 6.18 Å². The van der Waals surface area contributed by atoms with Crippen molar-refractivity contribution in [3.05, 3.63) is 53.6 Å². The van der Waals surface area contributed by atoms with Gasteiger partial charge in [-0.1, -0.05) is 18.2 Å². The van der Waals surface area contributed by atoms with Gasteiger partial charge in [-0.05, 0) is 35.4 Å². The molecule has 0 saturated heterocycles. The van der Waals surface area contributed by atoms with Crippen LogP contribution >= 0.6 is 0 Å². The van der Waals surface area contributed by atoms with Crippen molar-refractivity contribution in [2.24, 2.45) is 0 Å². The molecule has 6 heteroatoms. The number of carbonyl (C=O) groups is 1. The van der Waals surface area contributed by atoms with Crippen molar-refractivity contribution >= 4 is 5.97 Å². The average molecular weight is 296 g/mol. The maximum Gasteiger partial charge on any atom is 0.417 e. The Kier molecular flexibility index (Phi) is 3.88. The van der Waals surface area contributed by atoms with Crippen LogP contribution in [0.3, 0.4) is 0 Å². The lowest BCUT2D eigenvalue weighted by atomic mass is 9.98. The van der Waals surface area contributed by atoms with Crippen LogP contribution < -0.4 is 4.74 Å². The molecule has 21 heavy (non-hydrogen) atoms. The second kappa shape index (κ2) is 5.47. The molecular formula is C15H11F3O3. The highest BCUT2D eigenvalue weighted by molar-refractivity contribution is 5.90. The molecule has 2 aromatic carbocycles. The zero-order valence-electron chi connectivity index (χ0n) is 10.9. The Morgan fingerprint density at radius 2 is 1.76 bits per heavy atom. The lowest BCUT2D eigenvalue weighted by Crippen LogP contribution is -2.12. The first-order chi connectivity index (χ1) is 9.82. The van der Waals surface area contributed by atoms with Gasteiger partial charge in [-0.25, -0.2) is 4.79 Å². The van der Waals surface area contributed by atoms with E-state index in [0.717, 1.165) is 12.1 Å². The van der Waals surface area contributed by atoms with Crippen LogP contribution in [-0.4, -0.2) is 18.2 Å². The molecule has 0 bridgehead atoms. The van der Waals surface area contributed by atoms with Crippen LogP contribution in [0.15, 0.2) is 42.5 Å². The van der Waals surface area contributed by atoms with Crippen molar-refractivity contribution in [1.82, 2.24) is 0 Å². The third-order valence-corrected chi connectivity index (χ3v) is 2.96. The number of benzene rings is 2. The summed E-state index contributed by atoms with van der Waals surface area (Å²) in [5, 5.41) is 8.85. The van der Waals surface area contributed by atoms with E-state index in [4.69, 9.17) is 9.84 Å². The van der Waals surface area contributed by atoms with Crippen molar-refractivity contribution < 1.29 is 27.8 Å². The van der Waals surface area contributed by atoms with Gasteiger partial charge < -0.3 is 9.84 Å². The monoisotopic (exact) mass is 296 g/mol. The van der Waals surface area contributed by atoms with Crippen LogP contribution in [0.25, 0.3) is 11.1 Å². The topological polar surface area (TPSA) is 46.5 Å². The Balaban J connectivity index is 2.58. The summed E-state index contributed by atoms with van der Waals surface area (Å²) in [7, 11) is 1.45. The van der Waals surface area contributed by atoms with Gasteiger partial charge in [0.2, 0.25) is 0 Å². The van der Waals surface area contributed by atoms with Gasteiger partial charge in [0.15, 0.2) is 0 Å². The first kappa shape index (κ1) is 14.9. The van der Waals surface area contributed by atoms with E-state index in [1.807, 2.05) is 0 Å². The summed E-state index contributed by atoms with van der Waals surface area (Å²) >= 11 is 0. The van der Waals surface area contributed by atoms with E-state index in [1.165, 1.54) is 13.2 Å². The Labute approximate surface area is 118 Å². The smallest absolute Gasteiger partial charge is 0.417 e.